The summed E-state index contributed by atoms with van der Waals surface area (Å²) in [5.74, 6) is 0.590. The fraction of sp³-hybridized carbons (Fsp3) is 0.875. The van der Waals surface area contributed by atoms with E-state index in [1.807, 2.05) is 0 Å². The second-order valence-corrected chi connectivity index (χ2v) is 6.95. The molecule has 2 atom stereocenters. The van der Waals surface area contributed by atoms with Crippen LogP contribution in [-0.2, 0) is 0 Å². The maximum absolute atomic E-state index is 4.38. The van der Waals surface area contributed by atoms with Crippen LogP contribution in [0.1, 0.15) is 53.9 Å². The fourth-order valence-electron chi connectivity index (χ4n) is 3.06. The van der Waals surface area contributed by atoms with Gasteiger partial charge in [-0.3, -0.25) is 0 Å². The highest BCUT2D eigenvalue weighted by Crippen LogP contribution is 2.32. The average Bonchev–Trinajstić information content (AvgIpc) is 2.70. The summed E-state index contributed by atoms with van der Waals surface area (Å²) in [6, 6.07) is 0.667. The van der Waals surface area contributed by atoms with E-state index in [4.69, 9.17) is 0 Å². The highest BCUT2D eigenvalue weighted by Gasteiger charge is 2.28. The Morgan fingerprint density at radius 3 is 2.67 bits per heavy atom. The van der Waals surface area contributed by atoms with E-state index in [0.717, 1.165) is 13.1 Å². The number of nitrogens with one attached hydrogen (secondary N) is 1. The first-order valence-corrected chi connectivity index (χ1v) is 7.51. The minimum absolute atomic E-state index is 0.388. The van der Waals surface area contributed by atoms with Crippen molar-refractivity contribution in [2.75, 3.05) is 19.6 Å². The van der Waals surface area contributed by atoms with Gasteiger partial charge in [-0.25, -0.2) is 0 Å². The first kappa shape index (κ1) is 15.6. The molecule has 0 spiro atoms. The van der Waals surface area contributed by atoms with Crippen molar-refractivity contribution in [2.24, 2.45) is 11.3 Å². The van der Waals surface area contributed by atoms with Crippen molar-refractivity contribution in [1.82, 2.24) is 10.2 Å². The molecule has 2 unspecified atom stereocenters. The van der Waals surface area contributed by atoms with Gasteiger partial charge in [0.05, 0.1) is 0 Å². The van der Waals surface area contributed by atoms with Crippen molar-refractivity contribution in [3.63, 3.8) is 0 Å². The molecule has 1 N–H and O–H groups in total. The number of rotatable bonds is 6. The largest absolute Gasteiger partial charge is 0.371 e. The smallest absolute Gasteiger partial charge is 0.0412 e. The summed E-state index contributed by atoms with van der Waals surface area (Å²) < 4.78 is 0. The van der Waals surface area contributed by atoms with Crippen LogP contribution in [0.25, 0.3) is 0 Å². The van der Waals surface area contributed by atoms with E-state index in [2.05, 4.69) is 51.4 Å². The molecule has 0 radical (unpaired) electrons. The van der Waals surface area contributed by atoms with E-state index >= 15 is 0 Å². The molecule has 1 rings (SSSR count). The Hall–Kier alpha value is -0.500. The van der Waals surface area contributed by atoms with Gasteiger partial charge in [-0.05, 0) is 37.1 Å². The first-order valence-electron chi connectivity index (χ1n) is 7.51. The molecule has 0 aromatic carbocycles. The van der Waals surface area contributed by atoms with Crippen LogP contribution in [0.15, 0.2) is 12.3 Å². The van der Waals surface area contributed by atoms with Crippen molar-refractivity contribution < 1.29 is 0 Å². The summed E-state index contributed by atoms with van der Waals surface area (Å²) in [5.41, 5.74) is 1.74. The van der Waals surface area contributed by atoms with Crippen LogP contribution in [0.2, 0.25) is 0 Å². The van der Waals surface area contributed by atoms with Crippen LogP contribution in [0, 0.1) is 11.3 Å². The normalized spacial score (nSPS) is 22.3. The highest BCUT2D eigenvalue weighted by molar-refractivity contribution is 5.04. The van der Waals surface area contributed by atoms with E-state index in [1.165, 1.54) is 31.5 Å². The maximum atomic E-state index is 4.38. The Morgan fingerprint density at radius 2 is 2.11 bits per heavy atom. The van der Waals surface area contributed by atoms with Gasteiger partial charge in [0.25, 0.3) is 0 Å². The first-order chi connectivity index (χ1) is 8.35. The van der Waals surface area contributed by atoms with Gasteiger partial charge in [0.2, 0.25) is 0 Å². The molecule has 2 heteroatoms. The molecule has 1 aliphatic rings. The zero-order chi connectivity index (χ0) is 13.8. The van der Waals surface area contributed by atoms with Crippen LogP contribution in [-0.4, -0.2) is 30.6 Å². The lowest BCUT2D eigenvalue weighted by molar-refractivity contribution is 0.245. The number of hydrogen-bond donors (Lipinski definition) is 1. The van der Waals surface area contributed by atoms with E-state index in [0.29, 0.717) is 17.4 Å². The predicted octanol–water partition coefficient (Wildman–Crippen LogP) is 3.65. The van der Waals surface area contributed by atoms with E-state index in [1.54, 1.807) is 0 Å². The third-order valence-corrected chi connectivity index (χ3v) is 3.86. The molecule has 106 valence electrons. The van der Waals surface area contributed by atoms with E-state index in [-0.39, 0.29) is 0 Å². The summed E-state index contributed by atoms with van der Waals surface area (Å²) in [7, 11) is 0. The summed E-state index contributed by atoms with van der Waals surface area (Å²) in [4.78, 5) is 2.55. The Kier molecular flexibility index (Phi) is 5.71. The molecule has 0 aromatic rings. The molecule has 1 fully saturated rings. The second-order valence-electron chi connectivity index (χ2n) is 6.95. The van der Waals surface area contributed by atoms with Crippen LogP contribution in [0.5, 0.6) is 0 Å². The molecule has 1 saturated heterocycles. The molecule has 0 aliphatic carbocycles. The Morgan fingerprint density at radius 1 is 1.44 bits per heavy atom. The van der Waals surface area contributed by atoms with Crippen LogP contribution >= 0.6 is 0 Å². The van der Waals surface area contributed by atoms with Crippen molar-refractivity contribution >= 4 is 0 Å². The van der Waals surface area contributed by atoms with Crippen LogP contribution < -0.4 is 5.32 Å². The lowest BCUT2D eigenvalue weighted by Gasteiger charge is -2.34. The van der Waals surface area contributed by atoms with Gasteiger partial charge >= 0.3 is 0 Å². The molecule has 1 heterocycles. The minimum atomic E-state index is 0.388. The molecule has 0 aromatic heterocycles. The van der Waals surface area contributed by atoms with Gasteiger partial charge in [0.15, 0.2) is 0 Å². The summed E-state index contributed by atoms with van der Waals surface area (Å²) in [6.45, 7) is 19.2. The Balaban J connectivity index is 2.53. The average molecular weight is 252 g/mol. The SMILES string of the molecule is C=C(C(C)CC(C)(C)C)N1CCCC1CNCC. The molecule has 18 heavy (non-hydrogen) atoms. The number of allylic oxidation sites excluding steroid dienone is 1. The van der Waals surface area contributed by atoms with Gasteiger partial charge in [-0.2, -0.15) is 0 Å². The van der Waals surface area contributed by atoms with Gasteiger partial charge in [-0.15, -0.1) is 0 Å². The molecule has 0 bridgehead atoms. The monoisotopic (exact) mass is 252 g/mol. The molecule has 1 aliphatic heterocycles. The summed E-state index contributed by atoms with van der Waals surface area (Å²) in [6.07, 6.45) is 3.85. The van der Waals surface area contributed by atoms with Crippen LogP contribution in [0.4, 0.5) is 0 Å². The van der Waals surface area contributed by atoms with Gasteiger partial charge in [0.1, 0.15) is 0 Å². The minimum Gasteiger partial charge on any atom is -0.371 e. The quantitative estimate of drug-likeness (QED) is 0.776. The second kappa shape index (κ2) is 6.60. The molecular weight excluding hydrogens is 220 g/mol. The van der Waals surface area contributed by atoms with Gasteiger partial charge in [-0.1, -0.05) is 41.2 Å². The standard InChI is InChI=1S/C16H32N2/c1-7-17-12-15-9-8-10-18(15)14(3)13(2)11-16(4,5)6/h13,15,17H,3,7-12H2,1-2,4-6H3. The predicted molar refractivity (Wildman–Crippen MR) is 80.6 cm³/mol. The number of likely N-dealkylation sites (tertiary alicyclic amines) is 1. The summed E-state index contributed by atoms with van der Waals surface area (Å²) in [5, 5.41) is 3.48. The topological polar surface area (TPSA) is 15.3 Å². The number of hydrogen-bond acceptors (Lipinski definition) is 2. The number of likely N-dealkylation sites (N-methyl/N-ethyl adjacent to an activating group) is 1. The van der Waals surface area contributed by atoms with E-state index < -0.39 is 0 Å². The number of nitrogens with zero attached hydrogens (tertiary/aromatic N) is 1. The van der Waals surface area contributed by atoms with E-state index in [9.17, 15) is 0 Å². The molecule has 2 nitrogen and oxygen atoms in total. The maximum Gasteiger partial charge on any atom is 0.0412 e. The fourth-order valence-corrected chi connectivity index (χ4v) is 3.06. The Labute approximate surface area is 114 Å². The molecule has 0 saturated carbocycles. The van der Waals surface area contributed by atoms with Crippen LogP contribution in [0.3, 0.4) is 0 Å². The van der Waals surface area contributed by atoms with Crippen molar-refractivity contribution in [3.05, 3.63) is 12.3 Å². The zero-order valence-electron chi connectivity index (χ0n) is 13.1. The summed E-state index contributed by atoms with van der Waals surface area (Å²) >= 11 is 0. The molecular formula is C16H32N2. The van der Waals surface area contributed by atoms with Gasteiger partial charge in [0, 0.05) is 24.8 Å². The third-order valence-electron chi connectivity index (χ3n) is 3.86. The van der Waals surface area contributed by atoms with Crippen molar-refractivity contribution in [3.8, 4) is 0 Å². The lowest BCUT2D eigenvalue weighted by atomic mass is 9.84. The van der Waals surface area contributed by atoms with Crippen molar-refractivity contribution in [1.29, 1.82) is 0 Å². The molecule has 0 amide bonds. The Bertz CT molecular complexity index is 265. The van der Waals surface area contributed by atoms with Crippen molar-refractivity contribution in [2.45, 2.75) is 59.9 Å². The zero-order valence-corrected chi connectivity index (χ0v) is 13.1. The highest BCUT2D eigenvalue weighted by atomic mass is 15.2. The van der Waals surface area contributed by atoms with Gasteiger partial charge < -0.3 is 10.2 Å². The third kappa shape index (κ3) is 4.64. The lowest BCUT2D eigenvalue weighted by Crippen LogP contribution is -2.38.